The molecule has 2 aliphatic rings. The van der Waals surface area contributed by atoms with Gasteiger partial charge in [-0.2, -0.15) is 0 Å². The summed E-state index contributed by atoms with van der Waals surface area (Å²) in [7, 11) is 2.07. The van der Waals surface area contributed by atoms with Gasteiger partial charge >= 0.3 is 0 Å². The quantitative estimate of drug-likeness (QED) is 0.804. The highest BCUT2D eigenvalue weighted by Gasteiger charge is 2.39. The molecule has 2 fully saturated rings. The Balaban J connectivity index is 1.97. The second kappa shape index (κ2) is 5.48. The fourth-order valence-corrected chi connectivity index (χ4v) is 4.15. The fourth-order valence-electron chi connectivity index (χ4n) is 4.15. The maximum atomic E-state index is 10.1. The van der Waals surface area contributed by atoms with Crippen LogP contribution in [0.3, 0.4) is 0 Å². The van der Waals surface area contributed by atoms with Crippen molar-refractivity contribution in [1.82, 2.24) is 10.2 Å². The lowest BCUT2D eigenvalue weighted by Crippen LogP contribution is -2.46. The van der Waals surface area contributed by atoms with Gasteiger partial charge in [-0.25, -0.2) is 0 Å². The van der Waals surface area contributed by atoms with E-state index in [2.05, 4.69) is 24.2 Å². The maximum absolute atomic E-state index is 10.1. The highest BCUT2D eigenvalue weighted by molar-refractivity contribution is 4.94. The van der Waals surface area contributed by atoms with E-state index in [0.29, 0.717) is 5.41 Å². The van der Waals surface area contributed by atoms with Gasteiger partial charge < -0.3 is 10.4 Å². The molecule has 3 unspecified atom stereocenters. The van der Waals surface area contributed by atoms with Crippen LogP contribution in [0.5, 0.6) is 0 Å². The summed E-state index contributed by atoms with van der Waals surface area (Å²) in [6.45, 7) is 8.56. The van der Waals surface area contributed by atoms with Crippen molar-refractivity contribution >= 4 is 0 Å². The van der Waals surface area contributed by atoms with E-state index in [1.165, 1.54) is 25.7 Å². The van der Waals surface area contributed by atoms with Crippen molar-refractivity contribution in [3.8, 4) is 0 Å². The summed E-state index contributed by atoms with van der Waals surface area (Å²) in [5.41, 5.74) is -0.0199. The van der Waals surface area contributed by atoms with Crippen LogP contribution in [0.1, 0.15) is 46.0 Å². The van der Waals surface area contributed by atoms with E-state index in [-0.39, 0.29) is 0 Å². The number of β-amino-alcohol motifs (C(OH)–C–C–N with tert-alkyl or cyclic N) is 1. The summed E-state index contributed by atoms with van der Waals surface area (Å²) in [5, 5.41) is 13.5. The van der Waals surface area contributed by atoms with Gasteiger partial charge in [0.05, 0.1) is 5.60 Å². The van der Waals surface area contributed by atoms with Crippen LogP contribution in [0, 0.1) is 11.3 Å². The smallest absolute Gasteiger partial charge is 0.0758 e. The first kappa shape index (κ1) is 14.3. The molecule has 106 valence electrons. The van der Waals surface area contributed by atoms with Gasteiger partial charge in [-0.1, -0.05) is 19.8 Å². The lowest BCUT2D eigenvalue weighted by atomic mass is 9.69. The van der Waals surface area contributed by atoms with Crippen LogP contribution >= 0.6 is 0 Å². The Morgan fingerprint density at radius 3 is 2.72 bits per heavy atom. The first-order valence-electron chi connectivity index (χ1n) is 7.54. The van der Waals surface area contributed by atoms with Crippen molar-refractivity contribution in [1.29, 1.82) is 0 Å². The SMILES string of the molecule is CNCC1(CN2CCC(C)(O)C2)CCCC(C)C1. The maximum Gasteiger partial charge on any atom is 0.0758 e. The topological polar surface area (TPSA) is 35.5 Å². The van der Waals surface area contributed by atoms with Crippen molar-refractivity contribution in [3.05, 3.63) is 0 Å². The van der Waals surface area contributed by atoms with Crippen LogP contribution in [-0.4, -0.2) is 48.8 Å². The molecule has 0 amide bonds. The van der Waals surface area contributed by atoms with E-state index < -0.39 is 5.60 Å². The summed E-state index contributed by atoms with van der Waals surface area (Å²) in [6.07, 6.45) is 6.37. The van der Waals surface area contributed by atoms with E-state index in [4.69, 9.17) is 0 Å². The molecule has 0 radical (unpaired) electrons. The van der Waals surface area contributed by atoms with E-state index in [9.17, 15) is 5.11 Å². The average molecular weight is 254 g/mol. The Morgan fingerprint density at radius 2 is 2.17 bits per heavy atom. The van der Waals surface area contributed by atoms with Crippen molar-refractivity contribution < 1.29 is 5.11 Å². The van der Waals surface area contributed by atoms with Crippen molar-refractivity contribution in [3.63, 3.8) is 0 Å². The first-order chi connectivity index (χ1) is 8.45. The number of aliphatic hydroxyl groups is 1. The van der Waals surface area contributed by atoms with Gasteiger partial charge in [-0.3, -0.25) is 4.90 Å². The third-order valence-electron chi connectivity index (χ3n) is 4.83. The molecule has 0 spiro atoms. The second-order valence-electron chi connectivity index (χ2n) is 7.19. The molecule has 1 saturated carbocycles. The first-order valence-corrected chi connectivity index (χ1v) is 7.54. The van der Waals surface area contributed by atoms with Crippen LogP contribution in [0.4, 0.5) is 0 Å². The monoisotopic (exact) mass is 254 g/mol. The predicted octanol–water partition coefficient (Wildman–Crippen LogP) is 1.86. The summed E-state index contributed by atoms with van der Waals surface area (Å²) in [4.78, 5) is 2.48. The molecular formula is C15H30N2O. The minimum absolute atomic E-state index is 0.437. The zero-order chi connectivity index (χ0) is 13.2. The predicted molar refractivity (Wildman–Crippen MR) is 75.7 cm³/mol. The molecule has 0 aromatic rings. The van der Waals surface area contributed by atoms with Gasteiger partial charge in [0.25, 0.3) is 0 Å². The van der Waals surface area contributed by atoms with Crippen molar-refractivity contribution in [2.24, 2.45) is 11.3 Å². The molecule has 3 atom stereocenters. The van der Waals surface area contributed by atoms with Gasteiger partial charge in [0.2, 0.25) is 0 Å². The largest absolute Gasteiger partial charge is 0.389 e. The number of hydrogen-bond acceptors (Lipinski definition) is 3. The van der Waals surface area contributed by atoms with Gasteiger partial charge in [0, 0.05) is 26.2 Å². The molecule has 1 saturated heterocycles. The highest BCUT2D eigenvalue weighted by Crippen LogP contribution is 2.40. The molecule has 2 rings (SSSR count). The van der Waals surface area contributed by atoms with Crippen molar-refractivity contribution in [2.75, 3.05) is 33.2 Å². The summed E-state index contributed by atoms with van der Waals surface area (Å²) >= 11 is 0. The average Bonchev–Trinajstić information content (AvgIpc) is 2.57. The highest BCUT2D eigenvalue weighted by atomic mass is 16.3. The second-order valence-corrected chi connectivity index (χ2v) is 7.19. The number of hydrogen-bond donors (Lipinski definition) is 2. The molecule has 2 N–H and O–H groups in total. The molecule has 1 heterocycles. The number of likely N-dealkylation sites (tertiary alicyclic amines) is 1. The third-order valence-corrected chi connectivity index (χ3v) is 4.83. The van der Waals surface area contributed by atoms with Crippen LogP contribution in [0.2, 0.25) is 0 Å². The number of nitrogens with zero attached hydrogens (tertiary/aromatic N) is 1. The lowest BCUT2D eigenvalue weighted by Gasteiger charge is -2.42. The van der Waals surface area contributed by atoms with Gasteiger partial charge in [-0.15, -0.1) is 0 Å². The Bertz CT molecular complexity index is 276. The summed E-state index contributed by atoms with van der Waals surface area (Å²) in [5.74, 6) is 0.857. The van der Waals surface area contributed by atoms with Crippen LogP contribution < -0.4 is 5.32 Å². The fraction of sp³-hybridized carbons (Fsp3) is 1.00. The zero-order valence-electron chi connectivity index (χ0n) is 12.3. The van der Waals surface area contributed by atoms with Crippen molar-refractivity contribution in [2.45, 2.75) is 51.6 Å². The summed E-state index contributed by atoms with van der Waals surface area (Å²) in [6, 6.07) is 0. The number of nitrogens with one attached hydrogen (secondary N) is 1. The van der Waals surface area contributed by atoms with Crippen LogP contribution in [0.15, 0.2) is 0 Å². The zero-order valence-corrected chi connectivity index (χ0v) is 12.3. The lowest BCUT2D eigenvalue weighted by molar-refractivity contribution is 0.0490. The Labute approximate surface area is 112 Å². The molecular weight excluding hydrogens is 224 g/mol. The Hall–Kier alpha value is -0.120. The molecule has 3 nitrogen and oxygen atoms in total. The minimum Gasteiger partial charge on any atom is -0.389 e. The number of rotatable bonds is 4. The van der Waals surface area contributed by atoms with Gasteiger partial charge in [0.15, 0.2) is 0 Å². The molecule has 0 bridgehead atoms. The molecule has 1 aliphatic heterocycles. The Kier molecular flexibility index (Phi) is 4.35. The molecule has 3 heteroatoms. The Morgan fingerprint density at radius 1 is 1.39 bits per heavy atom. The molecule has 18 heavy (non-hydrogen) atoms. The minimum atomic E-state index is -0.457. The standard InChI is InChI=1S/C15H30N2O/c1-13-5-4-6-15(9-13,10-16-3)12-17-8-7-14(2,18)11-17/h13,16,18H,4-12H2,1-3H3. The van der Waals surface area contributed by atoms with Gasteiger partial charge in [0.1, 0.15) is 0 Å². The van der Waals surface area contributed by atoms with E-state index in [1.807, 2.05) is 6.92 Å². The van der Waals surface area contributed by atoms with Gasteiger partial charge in [-0.05, 0) is 44.6 Å². The van der Waals surface area contributed by atoms with Crippen LogP contribution in [-0.2, 0) is 0 Å². The van der Waals surface area contributed by atoms with E-state index in [1.54, 1.807) is 0 Å². The molecule has 1 aliphatic carbocycles. The summed E-state index contributed by atoms with van der Waals surface area (Å²) < 4.78 is 0. The molecule has 0 aromatic carbocycles. The molecule has 0 aromatic heterocycles. The van der Waals surface area contributed by atoms with Crippen LogP contribution in [0.25, 0.3) is 0 Å². The third kappa shape index (κ3) is 3.46. The van der Waals surface area contributed by atoms with E-state index in [0.717, 1.165) is 38.5 Å². The normalized spacial score (nSPS) is 42.3. The van der Waals surface area contributed by atoms with E-state index >= 15 is 0 Å².